The number of benzene rings is 1. The standard InChI is InChI=1S/C10H11N3OS/c14-10-6-11-5-9-12-15-8-4-2-1-3-7(8)13(9)10/h1-4,9,11-12H,5-6H2. The van der Waals surface area contributed by atoms with Gasteiger partial charge in [-0.15, -0.1) is 0 Å². The van der Waals surface area contributed by atoms with E-state index in [0.29, 0.717) is 6.54 Å². The second kappa shape index (κ2) is 3.52. The molecule has 3 rings (SSSR count). The molecule has 2 N–H and O–H groups in total. The average Bonchev–Trinajstić information content (AvgIpc) is 2.29. The molecule has 1 aromatic carbocycles. The van der Waals surface area contributed by atoms with E-state index in [0.717, 1.165) is 17.1 Å². The van der Waals surface area contributed by atoms with Crippen LogP contribution in [0.25, 0.3) is 0 Å². The van der Waals surface area contributed by atoms with E-state index in [1.54, 1.807) is 11.9 Å². The Labute approximate surface area is 92.2 Å². The summed E-state index contributed by atoms with van der Waals surface area (Å²) < 4.78 is 3.27. The van der Waals surface area contributed by atoms with E-state index in [2.05, 4.69) is 10.0 Å². The Balaban J connectivity index is 2.06. The number of fused-ring (bicyclic) bond motifs is 3. The molecular formula is C10H11N3OS. The molecule has 1 amide bonds. The fourth-order valence-corrected chi connectivity index (χ4v) is 2.81. The first-order chi connectivity index (χ1) is 7.36. The largest absolute Gasteiger partial charge is 0.305 e. The molecule has 1 atom stereocenters. The second-order valence-corrected chi connectivity index (χ2v) is 4.48. The summed E-state index contributed by atoms with van der Waals surface area (Å²) in [4.78, 5) is 14.8. The molecule has 2 aliphatic rings. The lowest BCUT2D eigenvalue weighted by molar-refractivity contribution is -0.119. The van der Waals surface area contributed by atoms with Gasteiger partial charge in [0.05, 0.1) is 12.2 Å². The molecule has 15 heavy (non-hydrogen) atoms. The number of rotatable bonds is 0. The third-order valence-electron chi connectivity index (χ3n) is 2.62. The van der Waals surface area contributed by atoms with E-state index in [9.17, 15) is 4.79 Å². The number of anilines is 1. The second-order valence-electron chi connectivity index (χ2n) is 3.60. The molecule has 0 aliphatic carbocycles. The zero-order valence-electron chi connectivity index (χ0n) is 8.06. The third-order valence-corrected chi connectivity index (χ3v) is 3.58. The molecular weight excluding hydrogens is 210 g/mol. The van der Waals surface area contributed by atoms with Gasteiger partial charge in [-0.25, -0.2) is 4.72 Å². The first kappa shape index (κ1) is 9.21. The highest BCUT2D eigenvalue weighted by Gasteiger charge is 2.33. The first-order valence-electron chi connectivity index (χ1n) is 4.90. The highest BCUT2D eigenvalue weighted by atomic mass is 32.2. The lowest BCUT2D eigenvalue weighted by Crippen LogP contribution is -2.61. The first-order valence-corrected chi connectivity index (χ1v) is 5.72. The average molecular weight is 221 g/mol. The van der Waals surface area contributed by atoms with Gasteiger partial charge in [0, 0.05) is 11.4 Å². The Morgan fingerprint density at radius 2 is 2.27 bits per heavy atom. The minimum absolute atomic E-state index is 0.0751. The Hall–Kier alpha value is -1.04. The number of carbonyl (C=O) groups is 1. The summed E-state index contributed by atoms with van der Waals surface area (Å²) in [6, 6.07) is 7.98. The molecule has 78 valence electrons. The van der Waals surface area contributed by atoms with Gasteiger partial charge in [0.1, 0.15) is 6.17 Å². The van der Waals surface area contributed by atoms with Crippen LogP contribution in [0.1, 0.15) is 0 Å². The van der Waals surface area contributed by atoms with Crippen molar-refractivity contribution in [3.63, 3.8) is 0 Å². The highest BCUT2D eigenvalue weighted by molar-refractivity contribution is 7.97. The quantitative estimate of drug-likeness (QED) is 0.628. The summed E-state index contributed by atoms with van der Waals surface area (Å²) in [5.74, 6) is 0.131. The van der Waals surface area contributed by atoms with Gasteiger partial charge in [-0.05, 0) is 24.1 Å². The lowest BCUT2D eigenvalue weighted by Gasteiger charge is -2.40. The third kappa shape index (κ3) is 1.43. The molecule has 2 heterocycles. The van der Waals surface area contributed by atoms with Crippen molar-refractivity contribution in [3.8, 4) is 0 Å². The summed E-state index contributed by atoms with van der Waals surface area (Å²) in [5.41, 5.74) is 1.03. The number of hydrogen-bond acceptors (Lipinski definition) is 4. The van der Waals surface area contributed by atoms with Crippen molar-refractivity contribution in [3.05, 3.63) is 24.3 Å². The number of carbonyl (C=O) groups excluding carboxylic acids is 1. The van der Waals surface area contributed by atoms with Crippen molar-refractivity contribution < 1.29 is 4.79 Å². The van der Waals surface area contributed by atoms with Gasteiger partial charge in [0.15, 0.2) is 0 Å². The Morgan fingerprint density at radius 1 is 1.40 bits per heavy atom. The van der Waals surface area contributed by atoms with E-state index in [1.807, 2.05) is 29.2 Å². The van der Waals surface area contributed by atoms with Crippen molar-refractivity contribution in [1.82, 2.24) is 10.0 Å². The van der Waals surface area contributed by atoms with Crippen molar-refractivity contribution in [2.45, 2.75) is 11.1 Å². The molecule has 2 aliphatic heterocycles. The molecule has 1 unspecified atom stereocenters. The summed E-state index contributed by atoms with van der Waals surface area (Å²) >= 11 is 1.59. The van der Waals surface area contributed by atoms with Crippen LogP contribution in [-0.4, -0.2) is 25.2 Å². The number of amides is 1. The predicted molar refractivity (Wildman–Crippen MR) is 59.6 cm³/mol. The summed E-state index contributed by atoms with van der Waals surface area (Å²) in [6.07, 6.45) is 0.0751. The van der Waals surface area contributed by atoms with Crippen LogP contribution in [0.4, 0.5) is 5.69 Å². The molecule has 1 saturated heterocycles. The number of piperazine rings is 1. The van der Waals surface area contributed by atoms with E-state index in [1.165, 1.54) is 0 Å². The Morgan fingerprint density at radius 3 is 3.20 bits per heavy atom. The number of nitrogens with zero attached hydrogens (tertiary/aromatic N) is 1. The molecule has 4 nitrogen and oxygen atoms in total. The molecule has 1 fully saturated rings. The van der Waals surface area contributed by atoms with Crippen LogP contribution < -0.4 is 14.9 Å². The maximum Gasteiger partial charge on any atom is 0.242 e. The molecule has 5 heteroatoms. The SMILES string of the molecule is O=C1CNCC2NSc3ccccc3N12. The van der Waals surface area contributed by atoms with E-state index in [-0.39, 0.29) is 12.1 Å². The van der Waals surface area contributed by atoms with Gasteiger partial charge in [-0.3, -0.25) is 9.69 Å². The Kier molecular flexibility index (Phi) is 2.16. The predicted octanol–water partition coefficient (Wildman–Crippen LogP) is 0.559. The van der Waals surface area contributed by atoms with Gasteiger partial charge >= 0.3 is 0 Å². The van der Waals surface area contributed by atoms with Crippen molar-refractivity contribution in [2.75, 3.05) is 18.0 Å². The minimum atomic E-state index is 0.0751. The smallest absolute Gasteiger partial charge is 0.242 e. The molecule has 0 spiro atoms. The number of nitrogens with one attached hydrogen (secondary N) is 2. The van der Waals surface area contributed by atoms with E-state index >= 15 is 0 Å². The van der Waals surface area contributed by atoms with E-state index < -0.39 is 0 Å². The van der Waals surface area contributed by atoms with Crippen LogP contribution in [0, 0.1) is 0 Å². The number of hydrogen-bond donors (Lipinski definition) is 2. The Bertz CT molecular complexity index is 409. The fourth-order valence-electron chi connectivity index (χ4n) is 1.94. The number of para-hydroxylation sites is 1. The monoisotopic (exact) mass is 221 g/mol. The van der Waals surface area contributed by atoms with Crippen molar-refractivity contribution >= 4 is 23.5 Å². The molecule has 0 radical (unpaired) electrons. The zero-order chi connectivity index (χ0) is 10.3. The maximum absolute atomic E-state index is 11.8. The van der Waals surface area contributed by atoms with Gasteiger partial charge < -0.3 is 5.32 Å². The van der Waals surface area contributed by atoms with Gasteiger partial charge in [-0.2, -0.15) is 0 Å². The summed E-state index contributed by atoms with van der Waals surface area (Å²) in [7, 11) is 0. The van der Waals surface area contributed by atoms with Crippen LogP contribution in [0.2, 0.25) is 0 Å². The van der Waals surface area contributed by atoms with Crippen LogP contribution >= 0.6 is 11.9 Å². The zero-order valence-corrected chi connectivity index (χ0v) is 8.88. The van der Waals surface area contributed by atoms with Crippen molar-refractivity contribution in [2.24, 2.45) is 0 Å². The van der Waals surface area contributed by atoms with Crippen LogP contribution in [-0.2, 0) is 4.79 Å². The topological polar surface area (TPSA) is 44.4 Å². The van der Waals surface area contributed by atoms with Crippen LogP contribution in [0.15, 0.2) is 29.2 Å². The van der Waals surface area contributed by atoms with Gasteiger partial charge in [0.25, 0.3) is 0 Å². The molecule has 0 bridgehead atoms. The van der Waals surface area contributed by atoms with Crippen LogP contribution in [0.5, 0.6) is 0 Å². The van der Waals surface area contributed by atoms with Gasteiger partial charge in [0.2, 0.25) is 5.91 Å². The fraction of sp³-hybridized carbons (Fsp3) is 0.300. The lowest BCUT2D eigenvalue weighted by atomic mass is 10.2. The van der Waals surface area contributed by atoms with Crippen molar-refractivity contribution in [1.29, 1.82) is 0 Å². The summed E-state index contributed by atoms with van der Waals surface area (Å²) in [6.45, 7) is 1.23. The van der Waals surface area contributed by atoms with E-state index in [4.69, 9.17) is 0 Å². The summed E-state index contributed by atoms with van der Waals surface area (Å²) in [5, 5.41) is 3.10. The molecule has 1 aromatic rings. The maximum atomic E-state index is 11.8. The van der Waals surface area contributed by atoms with Gasteiger partial charge in [-0.1, -0.05) is 12.1 Å². The van der Waals surface area contributed by atoms with Crippen LogP contribution in [0.3, 0.4) is 0 Å². The normalized spacial score (nSPS) is 24.7. The highest BCUT2D eigenvalue weighted by Crippen LogP contribution is 2.34. The molecule has 0 saturated carbocycles. The molecule has 0 aromatic heterocycles. The minimum Gasteiger partial charge on any atom is -0.305 e.